The van der Waals surface area contributed by atoms with Crippen molar-refractivity contribution in [2.45, 2.75) is 15.9 Å². The van der Waals surface area contributed by atoms with Crippen LogP contribution in [0, 0.1) is 0 Å². The van der Waals surface area contributed by atoms with Gasteiger partial charge in [0.2, 0.25) is 0 Å². The second-order valence-corrected chi connectivity index (χ2v) is 6.07. The number of rotatable bonds is 1. The maximum atomic E-state index is 4.59. The first kappa shape index (κ1) is 12.7. The topological polar surface area (TPSA) is 9.23 Å². The molecule has 0 saturated heterocycles. The van der Waals surface area contributed by atoms with Crippen LogP contribution in [0.1, 0.15) is 6.92 Å². The first-order valence-electron chi connectivity index (χ1n) is 2.61. The zero-order chi connectivity index (χ0) is 7.70. The molecule has 53 valence electrons. The Labute approximate surface area is 80.2 Å². The third kappa shape index (κ3) is 27.5. The van der Waals surface area contributed by atoms with Gasteiger partial charge in [0.1, 0.15) is 0 Å². The summed E-state index contributed by atoms with van der Waals surface area (Å²) >= 11 is 8.86. The van der Waals surface area contributed by atoms with E-state index < -0.39 is 0 Å². The SMILES string of the molecule is CCOC(=S)[S-].[CH3][Pb+][CH3]. The van der Waals surface area contributed by atoms with Crippen LogP contribution in [-0.2, 0) is 17.4 Å². The second-order valence-electron chi connectivity index (χ2n) is 1.18. The van der Waals surface area contributed by atoms with E-state index in [0.717, 1.165) is 0 Å². The Bertz CT molecular complexity index is 68.0. The molecule has 0 aliphatic rings. The number of thiocarbonyl (C=S) groups is 1. The molecule has 0 fully saturated rings. The normalized spacial score (nSPS) is 6.56. The molecule has 0 N–H and O–H groups in total. The Kier molecular flexibility index (Phi) is 16.6. The Morgan fingerprint density at radius 1 is 1.67 bits per heavy atom. The van der Waals surface area contributed by atoms with Crippen LogP contribution < -0.4 is 0 Å². The Morgan fingerprint density at radius 3 is 2.00 bits per heavy atom. The van der Waals surface area contributed by atoms with Crippen LogP contribution in [0.4, 0.5) is 0 Å². The summed E-state index contributed by atoms with van der Waals surface area (Å²) in [6.45, 7) is 2.43. The molecule has 9 heavy (non-hydrogen) atoms. The molecule has 0 aromatic carbocycles. The van der Waals surface area contributed by atoms with Gasteiger partial charge in [-0.25, -0.2) is 0 Å². The Hall–Kier alpha value is 1.03. The van der Waals surface area contributed by atoms with E-state index in [4.69, 9.17) is 0 Å². The van der Waals surface area contributed by atoms with Crippen molar-refractivity contribution in [2.75, 3.05) is 6.61 Å². The van der Waals surface area contributed by atoms with Crippen molar-refractivity contribution >= 4 is 53.5 Å². The van der Waals surface area contributed by atoms with E-state index in [9.17, 15) is 0 Å². The van der Waals surface area contributed by atoms with Gasteiger partial charge >= 0.3 is 33.2 Å². The van der Waals surface area contributed by atoms with Crippen molar-refractivity contribution < 1.29 is 4.74 Å². The van der Waals surface area contributed by atoms with Gasteiger partial charge in [0.05, 0.1) is 6.61 Å². The van der Waals surface area contributed by atoms with E-state index >= 15 is 0 Å². The predicted octanol–water partition coefficient (Wildman–Crippen LogP) is 1.64. The summed E-state index contributed by atoms with van der Waals surface area (Å²) < 4.78 is 9.43. The molecule has 0 aromatic rings. The van der Waals surface area contributed by atoms with Crippen molar-refractivity contribution in [1.82, 2.24) is 0 Å². The molecule has 0 amide bonds. The van der Waals surface area contributed by atoms with Gasteiger partial charge in [-0.2, -0.15) is 0 Å². The van der Waals surface area contributed by atoms with Gasteiger partial charge in [-0.15, -0.1) is 0 Å². The minimum atomic E-state index is 0.0833. The number of hydrogen-bond donors (Lipinski definition) is 0. The fourth-order valence-electron chi connectivity index (χ4n) is 0.118. The van der Waals surface area contributed by atoms with E-state index in [1.54, 1.807) is 0 Å². The molecule has 4 heteroatoms. The van der Waals surface area contributed by atoms with Crippen LogP contribution in [0.2, 0.25) is 8.97 Å². The molecule has 1 radical (unpaired) electrons. The van der Waals surface area contributed by atoms with Crippen LogP contribution in [-0.4, -0.2) is 35.2 Å². The molecule has 0 aliphatic carbocycles. The molecule has 0 spiro atoms. The Morgan fingerprint density at radius 2 is 2.00 bits per heavy atom. The summed E-state index contributed by atoms with van der Waals surface area (Å²) in [5.74, 6) is 0. The van der Waals surface area contributed by atoms with Crippen molar-refractivity contribution in [3.63, 3.8) is 0 Å². The quantitative estimate of drug-likeness (QED) is 0.401. The molecule has 1 nitrogen and oxygen atoms in total. The van der Waals surface area contributed by atoms with Crippen LogP contribution in [0.25, 0.3) is 0 Å². The van der Waals surface area contributed by atoms with Crippen molar-refractivity contribution in [2.24, 2.45) is 0 Å². The summed E-state index contributed by atoms with van der Waals surface area (Å²) in [6, 6.07) is 0. The summed E-state index contributed by atoms with van der Waals surface area (Å²) in [5.41, 5.74) is 0. The molecule has 0 aromatic heterocycles. The minimum absolute atomic E-state index is 0.0833. The predicted molar refractivity (Wildman–Crippen MR) is 49.1 cm³/mol. The molecule has 0 rings (SSSR count). The Balaban J connectivity index is 0. The zero-order valence-corrected chi connectivity index (χ0v) is 11.5. The third-order valence-electron chi connectivity index (χ3n) is 0.262. The monoisotopic (exact) mass is 359 g/mol. The summed E-state index contributed by atoms with van der Waals surface area (Å²) in [7, 11) is 0. The summed E-state index contributed by atoms with van der Waals surface area (Å²) in [5, 5.41) is 0. The molecular formula is C5H11OPbS2. The molecule has 0 bridgehead atoms. The molecule has 0 heterocycles. The fraction of sp³-hybridized carbons (Fsp3) is 0.800. The van der Waals surface area contributed by atoms with Crippen LogP contribution in [0.5, 0.6) is 0 Å². The zero-order valence-electron chi connectivity index (χ0n) is 5.93. The van der Waals surface area contributed by atoms with Gasteiger partial charge < -0.3 is 29.6 Å². The van der Waals surface area contributed by atoms with Gasteiger partial charge in [-0.05, 0) is 6.92 Å². The van der Waals surface area contributed by atoms with Crippen LogP contribution in [0.15, 0.2) is 0 Å². The van der Waals surface area contributed by atoms with Crippen LogP contribution >= 0.6 is 12.2 Å². The summed E-state index contributed by atoms with van der Waals surface area (Å²) in [4.78, 5) is 0. The van der Waals surface area contributed by atoms with Crippen molar-refractivity contribution in [1.29, 1.82) is 0 Å². The molecule has 0 atom stereocenters. The molecular weight excluding hydrogens is 347 g/mol. The van der Waals surface area contributed by atoms with Gasteiger partial charge in [-0.1, -0.05) is 0 Å². The standard InChI is InChI=1S/C3H6OS2.2CH3.Pb/c1-2-4-3(5)6;;;/h2H2,1H3,(H,5,6);2*1H3;/q;;;+1/p-1. The van der Waals surface area contributed by atoms with E-state index in [2.05, 4.69) is 38.5 Å². The van der Waals surface area contributed by atoms with Gasteiger partial charge in [0, 0.05) is 4.38 Å². The number of ether oxygens (including phenoxy) is 1. The second kappa shape index (κ2) is 11.8. The van der Waals surface area contributed by atoms with Gasteiger partial charge in [0.15, 0.2) is 0 Å². The summed E-state index contributed by atoms with van der Waals surface area (Å²) in [6.07, 6.45) is 0. The average Bonchev–Trinajstić information content (AvgIpc) is 1.67. The average molecular weight is 358 g/mol. The third-order valence-corrected chi connectivity index (χ3v) is 0.498. The first-order valence-corrected chi connectivity index (χ1v) is 11.2. The van der Waals surface area contributed by atoms with Crippen LogP contribution in [0.3, 0.4) is 0 Å². The number of hydrogen-bond acceptors (Lipinski definition) is 3. The van der Waals surface area contributed by atoms with E-state index in [-0.39, 0.29) is 28.6 Å². The van der Waals surface area contributed by atoms with E-state index in [0.29, 0.717) is 6.61 Å². The van der Waals surface area contributed by atoms with Crippen molar-refractivity contribution in [3.05, 3.63) is 0 Å². The maximum absolute atomic E-state index is 4.59. The molecule has 0 aliphatic heterocycles. The fourth-order valence-corrected chi connectivity index (χ4v) is 0.354. The van der Waals surface area contributed by atoms with Gasteiger partial charge in [-0.3, -0.25) is 0 Å². The van der Waals surface area contributed by atoms with Gasteiger partial charge in [0.25, 0.3) is 0 Å². The van der Waals surface area contributed by atoms with Crippen molar-refractivity contribution in [3.8, 4) is 0 Å². The van der Waals surface area contributed by atoms with E-state index in [1.165, 1.54) is 0 Å². The first-order chi connectivity index (χ1) is 4.18. The molecule has 0 unspecified atom stereocenters. The van der Waals surface area contributed by atoms with E-state index in [1.807, 2.05) is 6.92 Å². The molecule has 0 saturated carbocycles.